The van der Waals surface area contributed by atoms with Crippen molar-refractivity contribution in [2.24, 2.45) is 0 Å². The molecular formula is C15H14ClN3O2. The number of hydrogen-bond donors (Lipinski definition) is 1. The van der Waals surface area contributed by atoms with E-state index in [0.29, 0.717) is 16.3 Å². The zero-order valence-corrected chi connectivity index (χ0v) is 12.2. The van der Waals surface area contributed by atoms with Gasteiger partial charge in [0, 0.05) is 19.4 Å². The summed E-state index contributed by atoms with van der Waals surface area (Å²) >= 11 is 5.96. The lowest BCUT2D eigenvalue weighted by Gasteiger charge is -2.17. The van der Waals surface area contributed by atoms with E-state index in [1.807, 2.05) is 0 Å². The van der Waals surface area contributed by atoms with Crippen LogP contribution < -0.4 is 5.32 Å². The van der Waals surface area contributed by atoms with E-state index >= 15 is 0 Å². The number of halogens is 1. The summed E-state index contributed by atoms with van der Waals surface area (Å²) in [6.07, 6.45) is 3.05. The van der Waals surface area contributed by atoms with Gasteiger partial charge in [0.2, 0.25) is 5.91 Å². The van der Waals surface area contributed by atoms with Crippen molar-refractivity contribution < 1.29 is 9.59 Å². The third kappa shape index (κ3) is 4.03. The molecule has 0 aliphatic rings. The van der Waals surface area contributed by atoms with Crippen LogP contribution in [0.25, 0.3) is 0 Å². The summed E-state index contributed by atoms with van der Waals surface area (Å²) in [5.41, 5.74) is 0.955. The maximum absolute atomic E-state index is 12.1. The number of anilines is 1. The van der Waals surface area contributed by atoms with Gasteiger partial charge in [0.05, 0.1) is 22.8 Å². The van der Waals surface area contributed by atoms with Gasteiger partial charge in [0.15, 0.2) is 0 Å². The van der Waals surface area contributed by atoms with Crippen molar-refractivity contribution >= 4 is 29.1 Å². The SMILES string of the molecule is CN(CC(=O)Nc1ccccc1Cl)C(=O)c1cccnc1. The van der Waals surface area contributed by atoms with Crippen molar-refractivity contribution in [3.05, 3.63) is 59.4 Å². The number of nitrogens with one attached hydrogen (secondary N) is 1. The second-order valence-electron chi connectivity index (χ2n) is 4.43. The quantitative estimate of drug-likeness (QED) is 0.943. The van der Waals surface area contributed by atoms with Crippen LogP contribution in [0.15, 0.2) is 48.8 Å². The number of aromatic nitrogens is 1. The molecule has 1 heterocycles. The van der Waals surface area contributed by atoms with Gasteiger partial charge in [0.1, 0.15) is 0 Å². The first-order chi connectivity index (χ1) is 10.1. The number of nitrogens with zero attached hydrogens (tertiary/aromatic N) is 2. The molecule has 21 heavy (non-hydrogen) atoms. The van der Waals surface area contributed by atoms with Crippen molar-refractivity contribution in [3.63, 3.8) is 0 Å². The molecule has 0 fully saturated rings. The summed E-state index contributed by atoms with van der Waals surface area (Å²) in [5, 5.41) is 3.12. The number of pyridine rings is 1. The predicted molar refractivity (Wildman–Crippen MR) is 81.3 cm³/mol. The number of carbonyl (C=O) groups is 2. The van der Waals surface area contributed by atoms with E-state index in [-0.39, 0.29) is 18.4 Å². The molecule has 0 unspecified atom stereocenters. The summed E-state index contributed by atoms with van der Waals surface area (Å²) in [5.74, 6) is -0.583. The zero-order chi connectivity index (χ0) is 15.2. The highest BCUT2D eigenvalue weighted by molar-refractivity contribution is 6.33. The summed E-state index contributed by atoms with van der Waals surface area (Å²) in [7, 11) is 1.56. The fraction of sp³-hybridized carbons (Fsp3) is 0.133. The zero-order valence-electron chi connectivity index (χ0n) is 11.4. The Morgan fingerprint density at radius 2 is 2.00 bits per heavy atom. The van der Waals surface area contributed by atoms with Crippen LogP contribution in [0.5, 0.6) is 0 Å². The highest BCUT2D eigenvalue weighted by Gasteiger charge is 2.15. The molecule has 0 saturated heterocycles. The number of hydrogen-bond acceptors (Lipinski definition) is 3. The molecule has 0 aliphatic carbocycles. The first-order valence-corrected chi connectivity index (χ1v) is 6.65. The van der Waals surface area contributed by atoms with E-state index in [2.05, 4.69) is 10.3 Å². The molecule has 2 amide bonds. The largest absolute Gasteiger partial charge is 0.332 e. The minimum Gasteiger partial charge on any atom is -0.332 e. The molecule has 1 N–H and O–H groups in total. The molecule has 0 aliphatic heterocycles. The van der Waals surface area contributed by atoms with Gasteiger partial charge >= 0.3 is 0 Å². The lowest BCUT2D eigenvalue weighted by molar-refractivity contribution is -0.116. The maximum atomic E-state index is 12.1. The molecule has 5 nitrogen and oxygen atoms in total. The van der Waals surface area contributed by atoms with Gasteiger partial charge in [-0.25, -0.2) is 0 Å². The summed E-state index contributed by atoms with van der Waals surface area (Å²) in [4.78, 5) is 29.2. The van der Waals surface area contributed by atoms with E-state index < -0.39 is 0 Å². The van der Waals surface area contributed by atoms with E-state index in [1.165, 1.54) is 11.1 Å². The highest BCUT2D eigenvalue weighted by Crippen LogP contribution is 2.20. The number of benzene rings is 1. The van der Waals surface area contributed by atoms with Gasteiger partial charge < -0.3 is 10.2 Å². The van der Waals surface area contributed by atoms with Gasteiger partial charge in [0.25, 0.3) is 5.91 Å². The molecule has 1 aromatic carbocycles. The van der Waals surface area contributed by atoms with Crippen LogP contribution in [0, 0.1) is 0 Å². The minimum atomic E-state index is -0.317. The van der Waals surface area contributed by atoms with Gasteiger partial charge in [-0.05, 0) is 24.3 Å². The second-order valence-corrected chi connectivity index (χ2v) is 4.84. The Labute approximate surface area is 127 Å². The van der Waals surface area contributed by atoms with E-state index in [1.54, 1.807) is 49.6 Å². The van der Waals surface area contributed by atoms with Crippen LogP contribution >= 0.6 is 11.6 Å². The first kappa shape index (κ1) is 15.0. The van der Waals surface area contributed by atoms with Crippen molar-refractivity contribution in [1.82, 2.24) is 9.88 Å². The fourth-order valence-electron chi connectivity index (χ4n) is 1.75. The number of likely N-dealkylation sites (N-methyl/N-ethyl adjacent to an activating group) is 1. The monoisotopic (exact) mass is 303 g/mol. The molecule has 0 bridgehead atoms. The van der Waals surface area contributed by atoms with E-state index in [9.17, 15) is 9.59 Å². The average molecular weight is 304 g/mol. The second kappa shape index (κ2) is 6.85. The van der Waals surface area contributed by atoms with Crippen LogP contribution in [-0.2, 0) is 4.79 Å². The van der Waals surface area contributed by atoms with Crippen LogP contribution in [0.1, 0.15) is 10.4 Å². The first-order valence-electron chi connectivity index (χ1n) is 6.28. The predicted octanol–water partition coefficient (Wildman–Crippen LogP) is 2.45. The van der Waals surface area contributed by atoms with Crippen LogP contribution in [0.2, 0.25) is 5.02 Å². The molecule has 108 valence electrons. The Kier molecular flexibility index (Phi) is 4.90. The van der Waals surface area contributed by atoms with Crippen molar-refractivity contribution in [1.29, 1.82) is 0 Å². The smallest absolute Gasteiger partial charge is 0.255 e. The van der Waals surface area contributed by atoms with Gasteiger partial charge in [-0.1, -0.05) is 23.7 Å². The summed E-state index contributed by atoms with van der Waals surface area (Å²) in [6.45, 7) is -0.0705. The third-order valence-corrected chi connectivity index (χ3v) is 3.11. The topological polar surface area (TPSA) is 62.3 Å². The van der Waals surface area contributed by atoms with Gasteiger partial charge in [-0.15, -0.1) is 0 Å². The molecule has 1 aromatic heterocycles. The van der Waals surface area contributed by atoms with E-state index in [4.69, 9.17) is 11.6 Å². The molecule has 2 aromatic rings. The average Bonchev–Trinajstić information content (AvgIpc) is 2.49. The summed E-state index contributed by atoms with van der Waals surface area (Å²) < 4.78 is 0. The van der Waals surface area contributed by atoms with Crippen LogP contribution in [0.4, 0.5) is 5.69 Å². The van der Waals surface area contributed by atoms with Crippen LogP contribution in [0.3, 0.4) is 0 Å². The minimum absolute atomic E-state index is 0.0705. The maximum Gasteiger partial charge on any atom is 0.255 e. The Balaban J connectivity index is 1.97. The lowest BCUT2D eigenvalue weighted by Crippen LogP contribution is -2.35. The van der Waals surface area contributed by atoms with E-state index in [0.717, 1.165) is 0 Å². The molecule has 6 heteroatoms. The summed E-state index contributed by atoms with van der Waals surface area (Å²) in [6, 6.07) is 10.2. The Morgan fingerprint density at radius 3 is 2.67 bits per heavy atom. The highest BCUT2D eigenvalue weighted by atomic mass is 35.5. The van der Waals surface area contributed by atoms with Gasteiger partial charge in [-0.2, -0.15) is 0 Å². The Morgan fingerprint density at radius 1 is 1.24 bits per heavy atom. The third-order valence-electron chi connectivity index (χ3n) is 2.78. The van der Waals surface area contributed by atoms with Gasteiger partial charge in [-0.3, -0.25) is 14.6 Å². The van der Waals surface area contributed by atoms with Crippen molar-refractivity contribution in [2.45, 2.75) is 0 Å². The normalized spacial score (nSPS) is 10.0. The Bertz CT molecular complexity index is 646. The molecule has 0 atom stereocenters. The van der Waals surface area contributed by atoms with Crippen molar-refractivity contribution in [3.8, 4) is 0 Å². The number of carbonyl (C=O) groups excluding carboxylic acids is 2. The molecular weight excluding hydrogens is 290 g/mol. The molecule has 0 radical (unpaired) electrons. The molecule has 0 saturated carbocycles. The number of amides is 2. The number of para-hydroxylation sites is 1. The molecule has 0 spiro atoms. The standard InChI is InChI=1S/C15H14ClN3O2/c1-19(15(21)11-5-4-8-17-9-11)10-14(20)18-13-7-3-2-6-12(13)16/h2-9H,10H2,1H3,(H,18,20). The Hall–Kier alpha value is -2.40. The fourth-order valence-corrected chi connectivity index (χ4v) is 1.93. The lowest BCUT2D eigenvalue weighted by atomic mass is 10.2. The molecule has 2 rings (SSSR count). The number of rotatable bonds is 4. The van der Waals surface area contributed by atoms with Crippen LogP contribution in [-0.4, -0.2) is 35.3 Å². The van der Waals surface area contributed by atoms with Crippen molar-refractivity contribution in [2.75, 3.05) is 18.9 Å².